The van der Waals surface area contributed by atoms with E-state index in [1.165, 1.54) is 11.4 Å². The van der Waals surface area contributed by atoms with E-state index in [1.54, 1.807) is 0 Å². The molecule has 42 heavy (non-hydrogen) atoms. The molecule has 0 saturated carbocycles. The van der Waals surface area contributed by atoms with E-state index in [1.807, 2.05) is 24.3 Å². The predicted octanol–water partition coefficient (Wildman–Crippen LogP) is 9.00. The van der Waals surface area contributed by atoms with Crippen molar-refractivity contribution in [2.45, 2.75) is 0 Å². The highest BCUT2D eigenvalue weighted by atomic mass is 16.3. The minimum Gasteiger partial charge on any atom is -0.456 e. The number of benzene rings is 5. The minimum absolute atomic E-state index is 0.752. The molecule has 0 radical (unpaired) electrons. The number of anilines is 4. The van der Waals surface area contributed by atoms with E-state index in [9.17, 15) is 0 Å². The Labute approximate surface area is 242 Å². The van der Waals surface area contributed by atoms with Crippen LogP contribution in [0.5, 0.6) is 0 Å². The molecule has 6 heteroatoms. The molecule has 2 aliphatic heterocycles. The second-order valence-corrected chi connectivity index (χ2v) is 10.8. The Morgan fingerprint density at radius 2 is 0.762 bits per heavy atom. The van der Waals surface area contributed by atoms with Crippen molar-refractivity contribution in [3.05, 3.63) is 134 Å². The number of hydrogen-bond acceptors (Lipinski definition) is 6. The molecule has 0 N–H and O–H groups in total. The quantitative estimate of drug-likeness (QED) is 0.219. The fraction of sp³-hybridized carbons (Fsp3) is 0.0556. The molecule has 5 aromatic carbocycles. The van der Waals surface area contributed by atoms with Crippen molar-refractivity contribution in [2.24, 2.45) is 0 Å². The predicted molar refractivity (Wildman–Crippen MR) is 172 cm³/mol. The molecular formula is C36H26N4O2. The molecule has 202 valence electrons. The molecule has 0 unspecified atom stereocenters. The summed E-state index contributed by atoms with van der Waals surface area (Å²) in [5.74, 6) is 0. The third kappa shape index (κ3) is 3.58. The first-order valence-corrected chi connectivity index (χ1v) is 14.1. The van der Waals surface area contributed by atoms with Crippen LogP contribution in [0.15, 0.2) is 143 Å². The number of nitrogens with zero attached hydrogens (tertiary/aromatic N) is 4. The lowest BCUT2D eigenvalue weighted by Gasteiger charge is -2.21. The van der Waals surface area contributed by atoms with Gasteiger partial charge in [0.15, 0.2) is 0 Å². The van der Waals surface area contributed by atoms with Crippen molar-refractivity contribution >= 4 is 66.6 Å². The zero-order valence-electron chi connectivity index (χ0n) is 22.7. The van der Waals surface area contributed by atoms with Gasteiger partial charge in [-0.25, -0.2) is 0 Å². The van der Waals surface area contributed by atoms with Crippen LogP contribution in [-0.4, -0.2) is 13.3 Å². The molecule has 7 aromatic rings. The summed E-state index contributed by atoms with van der Waals surface area (Å²) in [7, 11) is 0. The number of furan rings is 2. The normalized spacial score (nSPS) is 15.0. The summed E-state index contributed by atoms with van der Waals surface area (Å²) < 4.78 is 12.7. The van der Waals surface area contributed by atoms with Gasteiger partial charge < -0.3 is 28.4 Å². The van der Waals surface area contributed by atoms with Crippen LogP contribution in [0.25, 0.3) is 43.9 Å². The summed E-state index contributed by atoms with van der Waals surface area (Å²) >= 11 is 0. The lowest BCUT2D eigenvalue weighted by Crippen LogP contribution is -2.24. The van der Waals surface area contributed by atoms with E-state index in [4.69, 9.17) is 8.83 Å². The van der Waals surface area contributed by atoms with Gasteiger partial charge in [-0.1, -0.05) is 36.4 Å². The maximum absolute atomic E-state index is 6.36. The summed E-state index contributed by atoms with van der Waals surface area (Å²) in [6.45, 7) is 1.50. The third-order valence-electron chi connectivity index (χ3n) is 8.34. The first kappa shape index (κ1) is 23.1. The van der Waals surface area contributed by atoms with Crippen LogP contribution in [0.4, 0.5) is 22.7 Å². The number of para-hydroxylation sites is 2. The number of hydrogen-bond donors (Lipinski definition) is 0. The van der Waals surface area contributed by atoms with Gasteiger partial charge >= 0.3 is 0 Å². The highest BCUT2D eigenvalue weighted by Gasteiger charge is 2.21. The molecule has 0 saturated heterocycles. The highest BCUT2D eigenvalue weighted by molar-refractivity contribution is 6.26. The Morgan fingerprint density at radius 1 is 0.381 bits per heavy atom. The third-order valence-corrected chi connectivity index (χ3v) is 8.34. The lowest BCUT2D eigenvalue weighted by atomic mass is 10.0. The molecule has 4 heterocycles. The molecule has 0 amide bonds. The Morgan fingerprint density at radius 3 is 1.19 bits per heavy atom. The molecule has 9 rings (SSSR count). The van der Waals surface area contributed by atoms with Crippen LogP contribution < -0.4 is 19.6 Å². The van der Waals surface area contributed by atoms with Crippen molar-refractivity contribution in [1.82, 2.24) is 0 Å². The zero-order chi connectivity index (χ0) is 27.6. The number of fused-ring (bicyclic) bond motifs is 7. The Balaban J connectivity index is 1.13. The Hall–Kier alpha value is -5.62. The average molecular weight is 547 g/mol. The van der Waals surface area contributed by atoms with Crippen LogP contribution >= 0.6 is 0 Å². The maximum Gasteiger partial charge on any atom is 0.136 e. The van der Waals surface area contributed by atoms with Gasteiger partial charge in [-0.05, 0) is 72.8 Å². The molecule has 2 aromatic heterocycles. The van der Waals surface area contributed by atoms with Crippen LogP contribution in [0.2, 0.25) is 0 Å². The van der Waals surface area contributed by atoms with Gasteiger partial charge in [0.2, 0.25) is 0 Å². The van der Waals surface area contributed by atoms with E-state index < -0.39 is 0 Å². The topological polar surface area (TPSA) is 39.2 Å². The second-order valence-electron chi connectivity index (χ2n) is 10.8. The molecule has 0 spiro atoms. The van der Waals surface area contributed by atoms with E-state index in [-0.39, 0.29) is 0 Å². The van der Waals surface area contributed by atoms with Gasteiger partial charge in [0.1, 0.15) is 22.3 Å². The largest absolute Gasteiger partial charge is 0.456 e. The first-order chi connectivity index (χ1) is 20.8. The highest BCUT2D eigenvalue weighted by Crippen LogP contribution is 2.42. The summed E-state index contributed by atoms with van der Waals surface area (Å²) in [4.78, 5) is 9.00. The zero-order valence-corrected chi connectivity index (χ0v) is 22.7. The van der Waals surface area contributed by atoms with Gasteiger partial charge in [-0.3, -0.25) is 0 Å². The van der Waals surface area contributed by atoms with Crippen molar-refractivity contribution in [2.75, 3.05) is 32.9 Å². The van der Waals surface area contributed by atoms with E-state index >= 15 is 0 Å². The minimum atomic E-state index is 0.752. The molecule has 0 bridgehead atoms. The summed E-state index contributed by atoms with van der Waals surface area (Å²) in [6, 6.07) is 37.8. The first-order valence-electron chi connectivity index (χ1n) is 14.1. The van der Waals surface area contributed by atoms with Crippen LogP contribution in [0.3, 0.4) is 0 Å². The maximum atomic E-state index is 6.36. The molecular weight excluding hydrogens is 520 g/mol. The number of rotatable bonds is 4. The SMILES string of the molecule is C1=CN(c2ccc3oc4ccc5oc6ccc(N7C=CN(c8ccccc8)C7)cc6c5c4c3c2)CN1c1ccccc1. The molecule has 2 aliphatic rings. The van der Waals surface area contributed by atoms with Crippen molar-refractivity contribution in [1.29, 1.82) is 0 Å². The van der Waals surface area contributed by atoms with Crippen LogP contribution in [0, 0.1) is 0 Å². The smallest absolute Gasteiger partial charge is 0.136 e. The summed E-state index contributed by atoms with van der Waals surface area (Å²) in [6.07, 6.45) is 8.52. The lowest BCUT2D eigenvalue weighted by molar-refractivity contribution is 0.663. The van der Waals surface area contributed by atoms with Crippen molar-refractivity contribution < 1.29 is 8.83 Å². The van der Waals surface area contributed by atoms with Gasteiger partial charge in [0.25, 0.3) is 0 Å². The van der Waals surface area contributed by atoms with Gasteiger partial charge in [0, 0.05) is 69.1 Å². The van der Waals surface area contributed by atoms with Crippen LogP contribution in [-0.2, 0) is 0 Å². The van der Waals surface area contributed by atoms with Crippen LogP contribution in [0.1, 0.15) is 0 Å². The van der Waals surface area contributed by atoms with Gasteiger partial charge in [-0.15, -0.1) is 0 Å². The Kier molecular flexibility index (Phi) is 4.92. The van der Waals surface area contributed by atoms with Crippen molar-refractivity contribution in [3.8, 4) is 0 Å². The fourth-order valence-corrected chi connectivity index (χ4v) is 6.22. The second kappa shape index (κ2) is 8.94. The van der Waals surface area contributed by atoms with E-state index in [0.717, 1.165) is 68.6 Å². The van der Waals surface area contributed by atoms with E-state index in [0.29, 0.717) is 0 Å². The van der Waals surface area contributed by atoms with Gasteiger partial charge in [0.05, 0.1) is 13.3 Å². The Bertz CT molecular complexity index is 2020. The fourth-order valence-electron chi connectivity index (χ4n) is 6.22. The average Bonchev–Trinajstić information content (AvgIpc) is 3.85. The van der Waals surface area contributed by atoms with E-state index in [2.05, 4.69) is 129 Å². The molecule has 0 fully saturated rings. The summed E-state index contributed by atoms with van der Waals surface area (Å²) in [5, 5.41) is 4.35. The standard InChI is InChI=1S/C36H26N4O2/c1-3-7-25(8-4-1)37-17-19-39(23-37)27-11-13-31-29(21-27)35-33(41-31)15-16-34-36(35)30-22-28(12-14-32(30)42-34)40-20-18-38(24-40)26-9-5-2-6-10-26/h1-22H,23-24H2. The molecule has 6 nitrogen and oxygen atoms in total. The summed E-state index contributed by atoms with van der Waals surface area (Å²) in [5.41, 5.74) is 8.05. The van der Waals surface area contributed by atoms with Gasteiger partial charge in [-0.2, -0.15) is 0 Å². The molecule has 0 atom stereocenters. The monoisotopic (exact) mass is 546 g/mol. The van der Waals surface area contributed by atoms with Crippen molar-refractivity contribution in [3.63, 3.8) is 0 Å². The molecule has 0 aliphatic carbocycles.